The molecule has 0 spiro atoms. The third kappa shape index (κ3) is 4.59. The molecule has 2 aromatic carbocycles. The molecule has 0 unspecified atom stereocenters. The smallest absolute Gasteiger partial charge is 0.337 e. The zero-order valence-corrected chi connectivity index (χ0v) is 17.5. The predicted octanol–water partition coefficient (Wildman–Crippen LogP) is 3.45. The molecule has 3 rings (SSSR count). The Morgan fingerprint density at radius 2 is 1.38 bits per heavy atom. The molecular formula is C23H28N2O4. The second-order valence-electron chi connectivity index (χ2n) is 7.48. The van der Waals surface area contributed by atoms with E-state index >= 15 is 0 Å². The Bertz CT molecular complexity index is 840. The van der Waals surface area contributed by atoms with Crippen molar-refractivity contribution in [3.05, 3.63) is 58.7 Å². The topological polar surface area (TPSA) is 59.1 Å². The standard InChI is InChI=1S/C23H28N2O4/c1-24(2)12-5-13-25-20-14-18(22(26)28-3)10-8-16(20)6-7-17-9-11-19(15-21(17)25)23(27)29-4/h8-11,14-15H,5-7,12-13H2,1-4H3. The van der Waals surface area contributed by atoms with E-state index in [1.165, 1.54) is 25.3 Å². The molecule has 0 aliphatic carbocycles. The Morgan fingerprint density at radius 1 is 0.897 bits per heavy atom. The number of hydrogen-bond donors (Lipinski definition) is 0. The first-order valence-corrected chi connectivity index (χ1v) is 9.79. The zero-order chi connectivity index (χ0) is 21.0. The van der Waals surface area contributed by atoms with Crippen LogP contribution < -0.4 is 4.90 Å². The van der Waals surface area contributed by atoms with Crippen LogP contribution in [0.3, 0.4) is 0 Å². The van der Waals surface area contributed by atoms with Crippen LogP contribution in [-0.2, 0) is 22.3 Å². The number of carbonyl (C=O) groups excluding carboxylic acids is 2. The maximum absolute atomic E-state index is 12.1. The summed E-state index contributed by atoms with van der Waals surface area (Å²) in [6, 6.07) is 11.5. The normalized spacial score (nSPS) is 12.8. The van der Waals surface area contributed by atoms with Gasteiger partial charge < -0.3 is 19.3 Å². The van der Waals surface area contributed by atoms with Gasteiger partial charge in [-0.2, -0.15) is 0 Å². The van der Waals surface area contributed by atoms with Gasteiger partial charge in [0.25, 0.3) is 0 Å². The van der Waals surface area contributed by atoms with Gasteiger partial charge in [0.15, 0.2) is 0 Å². The number of methoxy groups -OCH3 is 2. The Kier molecular flexibility index (Phi) is 6.54. The van der Waals surface area contributed by atoms with Gasteiger partial charge >= 0.3 is 11.9 Å². The first-order chi connectivity index (χ1) is 13.9. The van der Waals surface area contributed by atoms with Gasteiger partial charge in [-0.1, -0.05) is 12.1 Å². The fourth-order valence-corrected chi connectivity index (χ4v) is 3.73. The van der Waals surface area contributed by atoms with E-state index in [1.807, 2.05) is 36.4 Å². The molecule has 0 radical (unpaired) electrons. The van der Waals surface area contributed by atoms with Crippen LogP contribution in [-0.4, -0.2) is 58.2 Å². The molecule has 6 heteroatoms. The highest BCUT2D eigenvalue weighted by atomic mass is 16.5. The van der Waals surface area contributed by atoms with Gasteiger partial charge in [-0.15, -0.1) is 0 Å². The van der Waals surface area contributed by atoms with Gasteiger partial charge in [-0.25, -0.2) is 9.59 Å². The first-order valence-electron chi connectivity index (χ1n) is 9.79. The van der Waals surface area contributed by atoms with Gasteiger partial charge in [0, 0.05) is 17.9 Å². The summed E-state index contributed by atoms with van der Waals surface area (Å²) in [5, 5.41) is 0. The fourth-order valence-electron chi connectivity index (χ4n) is 3.73. The number of nitrogens with zero attached hydrogens (tertiary/aromatic N) is 2. The van der Waals surface area contributed by atoms with E-state index in [-0.39, 0.29) is 11.9 Å². The van der Waals surface area contributed by atoms with Gasteiger partial charge in [0.1, 0.15) is 0 Å². The van der Waals surface area contributed by atoms with E-state index in [0.29, 0.717) is 11.1 Å². The quantitative estimate of drug-likeness (QED) is 0.697. The Labute approximate surface area is 172 Å². The molecule has 0 atom stereocenters. The maximum Gasteiger partial charge on any atom is 0.337 e. The molecule has 1 heterocycles. The van der Waals surface area contributed by atoms with Gasteiger partial charge in [0.2, 0.25) is 0 Å². The number of aryl methyl sites for hydroxylation is 2. The molecule has 0 saturated carbocycles. The highest BCUT2D eigenvalue weighted by Gasteiger charge is 2.23. The van der Waals surface area contributed by atoms with Crippen molar-refractivity contribution in [3.8, 4) is 0 Å². The average Bonchev–Trinajstić information content (AvgIpc) is 2.88. The minimum Gasteiger partial charge on any atom is -0.465 e. The maximum atomic E-state index is 12.1. The van der Waals surface area contributed by atoms with Crippen LogP contribution >= 0.6 is 0 Å². The van der Waals surface area contributed by atoms with E-state index in [9.17, 15) is 9.59 Å². The number of carbonyl (C=O) groups is 2. The van der Waals surface area contributed by atoms with Crippen molar-refractivity contribution in [1.29, 1.82) is 0 Å². The van der Waals surface area contributed by atoms with Crippen molar-refractivity contribution in [2.45, 2.75) is 19.3 Å². The van der Waals surface area contributed by atoms with Gasteiger partial charge in [0.05, 0.1) is 25.3 Å². The van der Waals surface area contributed by atoms with Crippen molar-refractivity contribution < 1.29 is 19.1 Å². The van der Waals surface area contributed by atoms with Gasteiger partial charge in [-0.3, -0.25) is 0 Å². The van der Waals surface area contributed by atoms with Crippen molar-refractivity contribution in [2.75, 3.05) is 46.3 Å². The van der Waals surface area contributed by atoms with E-state index in [0.717, 1.165) is 43.7 Å². The van der Waals surface area contributed by atoms with Crippen molar-refractivity contribution in [1.82, 2.24) is 4.90 Å². The van der Waals surface area contributed by atoms with E-state index < -0.39 is 0 Å². The summed E-state index contributed by atoms with van der Waals surface area (Å²) in [6.07, 6.45) is 2.67. The number of hydrogen-bond acceptors (Lipinski definition) is 6. The zero-order valence-electron chi connectivity index (χ0n) is 17.5. The van der Waals surface area contributed by atoms with Crippen LogP contribution in [0.2, 0.25) is 0 Å². The lowest BCUT2D eigenvalue weighted by Gasteiger charge is -2.28. The minimum atomic E-state index is -0.353. The highest BCUT2D eigenvalue weighted by molar-refractivity contribution is 5.93. The molecule has 1 aliphatic rings. The SMILES string of the molecule is COC(=O)c1ccc2c(c1)N(CCCN(C)C)c1cc(C(=O)OC)ccc1CC2. The highest BCUT2D eigenvalue weighted by Crippen LogP contribution is 2.37. The lowest BCUT2D eigenvalue weighted by atomic mass is 10.0. The van der Waals surface area contributed by atoms with E-state index in [2.05, 4.69) is 23.9 Å². The number of anilines is 2. The summed E-state index contributed by atoms with van der Waals surface area (Å²) in [6.45, 7) is 1.71. The molecule has 0 amide bonds. The van der Waals surface area contributed by atoms with Crippen LogP contribution in [0.1, 0.15) is 38.3 Å². The summed E-state index contributed by atoms with van der Waals surface area (Å²) in [5.74, 6) is -0.706. The van der Waals surface area contributed by atoms with Crippen molar-refractivity contribution in [2.24, 2.45) is 0 Å². The van der Waals surface area contributed by atoms with Crippen molar-refractivity contribution >= 4 is 23.3 Å². The monoisotopic (exact) mass is 396 g/mol. The van der Waals surface area contributed by atoms with Crippen LogP contribution in [0.4, 0.5) is 11.4 Å². The largest absolute Gasteiger partial charge is 0.465 e. The number of fused-ring (bicyclic) bond motifs is 2. The van der Waals surface area contributed by atoms with Crippen LogP contribution in [0.15, 0.2) is 36.4 Å². The second kappa shape index (κ2) is 9.09. The molecule has 0 saturated heterocycles. The van der Waals surface area contributed by atoms with Crippen LogP contribution in [0.25, 0.3) is 0 Å². The minimum absolute atomic E-state index is 0.353. The fraction of sp³-hybridized carbons (Fsp3) is 0.391. The molecule has 6 nitrogen and oxygen atoms in total. The molecule has 0 bridgehead atoms. The van der Waals surface area contributed by atoms with E-state index in [4.69, 9.17) is 9.47 Å². The number of rotatable bonds is 6. The average molecular weight is 396 g/mol. The molecule has 0 N–H and O–H groups in total. The summed E-state index contributed by atoms with van der Waals surface area (Å²) in [5.41, 5.74) is 5.39. The van der Waals surface area contributed by atoms with Crippen molar-refractivity contribution in [3.63, 3.8) is 0 Å². The predicted molar refractivity (Wildman–Crippen MR) is 113 cm³/mol. The number of esters is 2. The van der Waals surface area contributed by atoms with Crippen LogP contribution in [0.5, 0.6) is 0 Å². The molecule has 1 aliphatic heterocycles. The summed E-state index contributed by atoms with van der Waals surface area (Å²) < 4.78 is 9.83. The molecule has 29 heavy (non-hydrogen) atoms. The lowest BCUT2D eigenvalue weighted by Crippen LogP contribution is -2.24. The Hall–Kier alpha value is -2.86. The third-order valence-electron chi connectivity index (χ3n) is 5.25. The summed E-state index contributed by atoms with van der Waals surface area (Å²) >= 11 is 0. The summed E-state index contributed by atoms with van der Waals surface area (Å²) in [4.78, 5) is 28.6. The number of benzene rings is 2. The van der Waals surface area contributed by atoms with Crippen LogP contribution in [0, 0.1) is 0 Å². The lowest BCUT2D eigenvalue weighted by molar-refractivity contribution is 0.0592. The Balaban J connectivity index is 2.09. The second-order valence-corrected chi connectivity index (χ2v) is 7.48. The third-order valence-corrected chi connectivity index (χ3v) is 5.25. The van der Waals surface area contributed by atoms with E-state index in [1.54, 1.807) is 0 Å². The first kappa shape index (κ1) is 20.9. The Morgan fingerprint density at radius 3 is 1.79 bits per heavy atom. The molecular weight excluding hydrogens is 368 g/mol. The summed E-state index contributed by atoms with van der Waals surface area (Å²) in [7, 11) is 6.88. The molecule has 154 valence electrons. The van der Waals surface area contributed by atoms with Gasteiger partial charge in [-0.05, 0) is 75.3 Å². The molecule has 0 aromatic heterocycles. The molecule has 0 fully saturated rings. The molecule has 2 aromatic rings. The number of ether oxygens (including phenoxy) is 2.